The number of carbonyl (C=O) groups excluding carboxylic acids is 1. The van der Waals surface area contributed by atoms with Gasteiger partial charge in [0.1, 0.15) is 0 Å². The maximum Gasteiger partial charge on any atom is 0.242 e. The Kier molecular flexibility index (Phi) is 6.26. The van der Waals surface area contributed by atoms with Crippen LogP contribution in [0.2, 0.25) is 0 Å². The summed E-state index contributed by atoms with van der Waals surface area (Å²) in [4.78, 5) is 13.3. The number of hydrogen-bond acceptors (Lipinski definition) is 4. The van der Waals surface area contributed by atoms with Crippen LogP contribution in [0.4, 0.5) is 5.69 Å². The number of aryl methyl sites for hydroxylation is 2. The monoisotopic (exact) mass is 378 g/mol. The molecule has 134 valence electrons. The van der Waals surface area contributed by atoms with Crippen LogP contribution in [0.5, 0.6) is 0 Å². The third-order valence-corrected chi connectivity index (χ3v) is 6.55. The molecule has 0 atom stereocenters. The van der Waals surface area contributed by atoms with Gasteiger partial charge in [0, 0.05) is 24.7 Å². The van der Waals surface area contributed by atoms with E-state index in [2.05, 4.69) is 11.4 Å². The molecular weight excluding hydrogens is 356 g/mol. The molecule has 0 saturated carbocycles. The highest BCUT2D eigenvalue weighted by molar-refractivity contribution is 8.00. The summed E-state index contributed by atoms with van der Waals surface area (Å²) in [6.07, 6.45) is 0. The number of amides is 1. The predicted octanol–water partition coefficient (Wildman–Crippen LogP) is 3.28. The van der Waals surface area contributed by atoms with Crippen LogP contribution in [0.15, 0.2) is 52.3 Å². The molecule has 0 saturated heterocycles. The Morgan fingerprint density at radius 2 is 1.80 bits per heavy atom. The lowest BCUT2D eigenvalue weighted by molar-refractivity contribution is -0.113. The number of nitrogens with one attached hydrogen (secondary N) is 1. The van der Waals surface area contributed by atoms with Crippen LogP contribution < -0.4 is 5.32 Å². The van der Waals surface area contributed by atoms with E-state index in [-0.39, 0.29) is 16.6 Å². The van der Waals surface area contributed by atoms with E-state index in [1.165, 1.54) is 49.1 Å². The van der Waals surface area contributed by atoms with E-state index in [1.54, 1.807) is 12.1 Å². The highest BCUT2D eigenvalue weighted by Gasteiger charge is 2.17. The second-order valence-corrected chi connectivity index (χ2v) is 9.10. The van der Waals surface area contributed by atoms with Gasteiger partial charge in [-0.1, -0.05) is 12.1 Å². The first-order chi connectivity index (χ1) is 11.7. The van der Waals surface area contributed by atoms with Crippen molar-refractivity contribution < 1.29 is 13.2 Å². The number of benzene rings is 2. The fourth-order valence-electron chi connectivity index (χ4n) is 2.09. The molecule has 0 unspecified atom stereocenters. The first-order valence-electron chi connectivity index (χ1n) is 7.72. The smallest absolute Gasteiger partial charge is 0.242 e. The summed E-state index contributed by atoms with van der Waals surface area (Å²) in [5.74, 6) is 0.0790. The Morgan fingerprint density at radius 3 is 2.44 bits per heavy atom. The van der Waals surface area contributed by atoms with E-state index >= 15 is 0 Å². The van der Waals surface area contributed by atoms with Crippen LogP contribution in [0, 0.1) is 13.8 Å². The van der Waals surface area contributed by atoms with Gasteiger partial charge in [-0.2, -0.15) is 0 Å². The molecule has 0 bridgehead atoms. The number of rotatable bonds is 6. The molecule has 1 amide bonds. The molecule has 7 heteroatoms. The summed E-state index contributed by atoms with van der Waals surface area (Å²) in [7, 11) is -0.576. The van der Waals surface area contributed by atoms with Crippen LogP contribution in [0.25, 0.3) is 0 Å². The number of anilines is 1. The standard InChI is InChI=1S/C18H22N2O3S2/c1-13-8-9-16(10-14(13)2)24-12-18(21)19-15-6-5-7-17(11-15)25(22,23)20(3)4/h5-11H,12H2,1-4H3,(H,19,21). The number of nitrogens with zero attached hydrogens (tertiary/aromatic N) is 1. The molecule has 1 N–H and O–H groups in total. The van der Waals surface area contributed by atoms with Crippen molar-refractivity contribution in [3.8, 4) is 0 Å². The molecule has 2 rings (SSSR count). The summed E-state index contributed by atoms with van der Waals surface area (Å²) in [6, 6.07) is 12.3. The summed E-state index contributed by atoms with van der Waals surface area (Å²) in [5, 5.41) is 2.75. The summed E-state index contributed by atoms with van der Waals surface area (Å²) in [5.41, 5.74) is 2.87. The van der Waals surface area contributed by atoms with Gasteiger partial charge in [0.2, 0.25) is 15.9 Å². The van der Waals surface area contributed by atoms with Crippen molar-refractivity contribution in [2.75, 3.05) is 25.2 Å². The Hall–Kier alpha value is -1.83. The molecule has 5 nitrogen and oxygen atoms in total. The maximum absolute atomic E-state index is 12.1. The molecule has 2 aromatic carbocycles. The number of hydrogen-bond donors (Lipinski definition) is 1. The van der Waals surface area contributed by atoms with Crippen molar-refractivity contribution in [1.29, 1.82) is 0 Å². The van der Waals surface area contributed by atoms with Crippen molar-refractivity contribution in [3.05, 3.63) is 53.6 Å². The molecule has 0 aliphatic rings. The average Bonchev–Trinajstić information content (AvgIpc) is 2.56. The quantitative estimate of drug-likeness (QED) is 0.784. The van der Waals surface area contributed by atoms with E-state index in [4.69, 9.17) is 0 Å². The topological polar surface area (TPSA) is 66.5 Å². The summed E-state index contributed by atoms with van der Waals surface area (Å²) in [6.45, 7) is 4.08. The van der Waals surface area contributed by atoms with Gasteiger partial charge in [0.05, 0.1) is 10.6 Å². The Labute approximate surface area is 153 Å². The second kappa shape index (κ2) is 8.03. The molecule has 0 heterocycles. The third kappa shape index (κ3) is 5.07. The second-order valence-electron chi connectivity index (χ2n) is 5.90. The molecule has 0 radical (unpaired) electrons. The van der Waals surface area contributed by atoms with Gasteiger partial charge in [-0.3, -0.25) is 4.79 Å². The molecular formula is C18H22N2O3S2. The van der Waals surface area contributed by atoms with Gasteiger partial charge in [0.15, 0.2) is 0 Å². The molecule has 0 aliphatic heterocycles. The van der Waals surface area contributed by atoms with E-state index in [9.17, 15) is 13.2 Å². The minimum absolute atomic E-state index is 0.150. The number of carbonyl (C=O) groups is 1. The lowest BCUT2D eigenvalue weighted by Crippen LogP contribution is -2.22. The minimum Gasteiger partial charge on any atom is -0.325 e. The van der Waals surface area contributed by atoms with E-state index < -0.39 is 10.0 Å². The zero-order chi connectivity index (χ0) is 18.6. The average molecular weight is 379 g/mol. The number of sulfonamides is 1. The van der Waals surface area contributed by atoms with Gasteiger partial charge in [-0.05, 0) is 55.3 Å². The zero-order valence-corrected chi connectivity index (χ0v) is 16.4. The molecule has 0 fully saturated rings. The normalized spacial score (nSPS) is 11.6. The molecule has 0 aromatic heterocycles. The lowest BCUT2D eigenvalue weighted by Gasteiger charge is -2.12. The van der Waals surface area contributed by atoms with E-state index in [0.29, 0.717) is 5.69 Å². The van der Waals surface area contributed by atoms with Gasteiger partial charge < -0.3 is 5.32 Å². The van der Waals surface area contributed by atoms with Crippen LogP contribution >= 0.6 is 11.8 Å². The Balaban J connectivity index is 2.02. The van der Waals surface area contributed by atoms with Crippen LogP contribution in [-0.2, 0) is 14.8 Å². The molecule has 2 aromatic rings. The van der Waals surface area contributed by atoms with Crippen LogP contribution in [0.3, 0.4) is 0 Å². The van der Waals surface area contributed by atoms with Crippen molar-refractivity contribution in [1.82, 2.24) is 4.31 Å². The molecule has 25 heavy (non-hydrogen) atoms. The van der Waals surface area contributed by atoms with Crippen molar-refractivity contribution in [2.24, 2.45) is 0 Å². The van der Waals surface area contributed by atoms with Gasteiger partial charge >= 0.3 is 0 Å². The minimum atomic E-state index is -3.52. The first-order valence-corrected chi connectivity index (χ1v) is 10.1. The van der Waals surface area contributed by atoms with E-state index in [0.717, 1.165) is 9.20 Å². The van der Waals surface area contributed by atoms with Crippen molar-refractivity contribution >= 4 is 33.4 Å². The third-order valence-electron chi connectivity index (χ3n) is 3.74. The fourth-order valence-corrected chi connectivity index (χ4v) is 3.84. The van der Waals surface area contributed by atoms with Gasteiger partial charge in [-0.25, -0.2) is 12.7 Å². The maximum atomic E-state index is 12.1. The van der Waals surface area contributed by atoms with Crippen molar-refractivity contribution in [3.63, 3.8) is 0 Å². The highest BCUT2D eigenvalue weighted by atomic mass is 32.2. The van der Waals surface area contributed by atoms with Gasteiger partial charge in [0.25, 0.3) is 0 Å². The first kappa shape index (κ1) is 19.5. The Morgan fingerprint density at radius 1 is 1.08 bits per heavy atom. The molecule has 0 aliphatic carbocycles. The highest BCUT2D eigenvalue weighted by Crippen LogP contribution is 2.22. The SMILES string of the molecule is Cc1ccc(SCC(=O)Nc2cccc(S(=O)(=O)N(C)C)c2)cc1C. The fraction of sp³-hybridized carbons (Fsp3) is 0.278. The Bertz CT molecular complexity index is 878. The number of thioether (sulfide) groups is 1. The lowest BCUT2D eigenvalue weighted by atomic mass is 10.1. The van der Waals surface area contributed by atoms with Crippen molar-refractivity contribution in [2.45, 2.75) is 23.6 Å². The zero-order valence-electron chi connectivity index (χ0n) is 14.7. The van der Waals surface area contributed by atoms with Gasteiger partial charge in [-0.15, -0.1) is 11.8 Å². The van der Waals surface area contributed by atoms with Crippen LogP contribution in [-0.4, -0.2) is 38.5 Å². The summed E-state index contributed by atoms with van der Waals surface area (Å²) >= 11 is 1.45. The van der Waals surface area contributed by atoms with Crippen LogP contribution in [0.1, 0.15) is 11.1 Å². The summed E-state index contributed by atoms with van der Waals surface area (Å²) < 4.78 is 25.4. The van der Waals surface area contributed by atoms with E-state index in [1.807, 2.05) is 26.0 Å². The largest absolute Gasteiger partial charge is 0.325 e. The molecule has 0 spiro atoms. The predicted molar refractivity (Wildman–Crippen MR) is 103 cm³/mol.